The van der Waals surface area contributed by atoms with E-state index in [0.717, 1.165) is 9.04 Å². The maximum atomic E-state index is 7.80. The van der Waals surface area contributed by atoms with E-state index in [4.69, 9.17) is 6.85 Å². The second-order valence-electron chi connectivity index (χ2n) is 2.34. The summed E-state index contributed by atoms with van der Waals surface area (Å²) in [5.41, 5.74) is -0.394. The van der Waals surface area contributed by atoms with Crippen LogP contribution in [0.4, 0.5) is 0 Å². The Kier molecular flexibility index (Phi) is 1.11. The second-order valence-corrected chi connectivity index (χ2v) is 3.26. The summed E-state index contributed by atoms with van der Waals surface area (Å²) in [4.78, 5) is 7.61. The Morgan fingerprint density at radius 3 is 3.23 bits per heavy atom. The summed E-state index contributed by atoms with van der Waals surface area (Å²) < 4.78 is 39.0. The number of hydrogen-bond acceptors (Lipinski definition) is 2. The van der Waals surface area contributed by atoms with Gasteiger partial charge in [-0.15, -0.1) is 0 Å². The molecule has 0 aliphatic heterocycles. The lowest BCUT2D eigenvalue weighted by molar-refractivity contribution is 0.990. The van der Waals surface area contributed by atoms with Gasteiger partial charge in [0.1, 0.15) is 13.5 Å². The number of nitrogens with zero attached hydrogens (tertiary/aromatic N) is 3. The molecule has 66 valence electrons. The third kappa shape index (κ3) is 1.78. The van der Waals surface area contributed by atoms with Crippen molar-refractivity contribution in [3.05, 3.63) is 41.0 Å². The molecule has 2 aromatic heterocycles. The fourth-order valence-corrected chi connectivity index (χ4v) is 1.20. The van der Waals surface area contributed by atoms with E-state index < -0.39 is 12.5 Å². The zero-order valence-corrected chi connectivity index (χ0v) is 8.04. The van der Waals surface area contributed by atoms with Crippen LogP contribution in [0.25, 0.3) is 5.82 Å². The van der Waals surface area contributed by atoms with Crippen molar-refractivity contribution >= 4 is 15.9 Å². The average Bonchev–Trinajstić information content (AvgIpc) is 2.54. The van der Waals surface area contributed by atoms with E-state index in [2.05, 4.69) is 25.9 Å². The molecule has 0 aliphatic carbocycles. The fourth-order valence-electron chi connectivity index (χ4n) is 0.880. The first-order chi connectivity index (χ1) is 8.30. The molecule has 0 atom stereocenters. The summed E-state index contributed by atoms with van der Waals surface area (Å²) in [5, 5.41) is 0. The minimum Gasteiger partial charge on any atom is -0.290 e. The van der Waals surface area contributed by atoms with E-state index >= 15 is 0 Å². The molecule has 13 heavy (non-hydrogen) atoms. The van der Waals surface area contributed by atoms with E-state index in [1.807, 2.05) is 0 Å². The molecule has 0 N–H and O–H groups in total. The van der Waals surface area contributed by atoms with Crippen LogP contribution in [0.15, 0.2) is 35.3 Å². The van der Waals surface area contributed by atoms with Crippen LogP contribution in [0.5, 0.6) is 0 Å². The van der Waals surface area contributed by atoms with Gasteiger partial charge in [-0.3, -0.25) is 4.57 Å². The molecule has 0 saturated heterocycles. The fraction of sp³-hybridized carbons (Fsp3) is 0.111. The predicted molar refractivity (Wildman–Crippen MR) is 53.8 cm³/mol. The SMILES string of the molecule is [2H]c1nc(C([2H])([2H])[2H])c([2H])n1-c1cc(Br)ccn1. The summed E-state index contributed by atoms with van der Waals surface area (Å²) in [5.74, 6) is 0.280. The van der Waals surface area contributed by atoms with Gasteiger partial charge in [-0.1, -0.05) is 15.9 Å². The van der Waals surface area contributed by atoms with Crippen LogP contribution in [0.3, 0.4) is 0 Å². The lowest BCUT2D eigenvalue weighted by Crippen LogP contribution is -1.92. The molecule has 0 spiro atoms. The Hall–Kier alpha value is -1.16. The molecule has 0 radical (unpaired) electrons. The number of halogens is 1. The van der Waals surface area contributed by atoms with Gasteiger partial charge in [0.15, 0.2) is 0 Å². The highest BCUT2D eigenvalue weighted by atomic mass is 79.9. The Morgan fingerprint density at radius 1 is 1.62 bits per heavy atom. The monoisotopic (exact) mass is 242 g/mol. The molecule has 4 heteroatoms. The van der Waals surface area contributed by atoms with Crippen LogP contribution >= 0.6 is 15.9 Å². The summed E-state index contributed by atoms with van der Waals surface area (Å²) in [7, 11) is 0. The van der Waals surface area contributed by atoms with Gasteiger partial charge in [0, 0.05) is 21.0 Å². The van der Waals surface area contributed by atoms with Crippen molar-refractivity contribution in [1.29, 1.82) is 0 Å². The lowest BCUT2D eigenvalue weighted by atomic mass is 10.4. The topological polar surface area (TPSA) is 30.7 Å². The molecule has 0 aliphatic rings. The number of imidazole rings is 1. The van der Waals surface area contributed by atoms with Crippen molar-refractivity contribution in [1.82, 2.24) is 14.5 Å². The molecule has 0 unspecified atom stereocenters. The van der Waals surface area contributed by atoms with Crippen molar-refractivity contribution in [2.45, 2.75) is 6.85 Å². The third-order valence-electron chi connectivity index (χ3n) is 1.42. The quantitative estimate of drug-likeness (QED) is 0.769. The summed E-state index contributed by atoms with van der Waals surface area (Å²) >= 11 is 3.25. The lowest BCUT2D eigenvalue weighted by Gasteiger charge is -1.99. The highest BCUT2D eigenvalue weighted by Crippen LogP contribution is 2.12. The maximum Gasteiger partial charge on any atom is 0.138 e. The molecule has 0 amide bonds. The van der Waals surface area contributed by atoms with Crippen LogP contribution in [0, 0.1) is 6.85 Å². The van der Waals surface area contributed by atoms with Gasteiger partial charge in [0.25, 0.3) is 0 Å². The molecular formula is C9H8BrN3. The van der Waals surface area contributed by atoms with E-state index in [0.29, 0.717) is 0 Å². The highest BCUT2D eigenvalue weighted by Gasteiger charge is 1.98. The number of aryl methyl sites for hydroxylation is 1. The maximum absolute atomic E-state index is 7.80. The van der Waals surface area contributed by atoms with Gasteiger partial charge in [-0.2, -0.15) is 0 Å². The Morgan fingerprint density at radius 2 is 2.54 bits per heavy atom. The Balaban J connectivity index is 2.63. The Labute approximate surface area is 91.6 Å². The van der Waals surface area contributed by atoms with Crippen molar-refractivity contribution in [3.63, 3.8) is 0 Å². The minimum atomic E-state index is -2.51. The number of pyridine rings is 1. The molecule has 2 rings (SSSR count). The van der Waals surface area contributed by atoms with Crippen LogP contribution in [0.2, 0.25) is 0 Å². The van der Waals surface area contributed by atoms with Crippen molar-refractivity contribution in [3.8, 4) is 5.82 Å². The normalized spacial score (nSPS) is 16.8. The summed E-state index contributed by atoms with van der Waals surface area (Å²) in [6.07, 6.45) is 0.829. The van der Waals surface area contributed by atoms with E-state index in [9.17, 15) is 0 Å². The predicted octanol–water partition coefficient (Wildman–Crippen LogP) is 2.34. The van der Waals surface area contributed by atoms with Crippen molar-refractivity contribution < 1.29 is 6.85 Å². The zero-order chi connectivity index (χ0) is 13.5. The van der Waals surface area contributed by atoms with E-state index in [1.54, 1.807) is 12.1 Å². The second kappa shape index (κ2) is 3.30. The standard InChI is InChI=1S/C9H8BrN3/c1-7-5-13(6-12-7)9-4-8(10)2-3-11-9/h2-6H,1H3/i1D3,5D,6D. The van der Waals surface area contributed by atoms with Crippen LogP contribution < -0.4 is 0 Å². The first-order valence-electron chi connectivity index (χ1n) is 5.99. The van der Waals surface area contributed by atoms with Crippen LogP contribution in [0.1, 0.15) is 12.5 Å². The molecule has 0 fully saturated rings. The van der Waals surface area contributed by atoms with Crippen molar-refractivity contribution in [2.75, 3.05) is 0 Å². The number of hydrogen-bond donors (Lipinski definition) is 0. The highest BCUT2D eigenvalue weighted by molar-refractivity contribution is 9.10. The third-order valence-corrected chi connectivity index (χ3v) is 1.91. The largest absolute Gasteiger partial charge is 0.290 e. The summed E-state index contributed by atoms with van der Waals surface area (Å²) in [6.45, 7) is -2.51. The van der Waals surface area contributed by atoms with E-state index in [-0.39, 0.29) is 18.3 Å². The molecule has 3 nitrogen and oxygen atoms in total. The smallest absolute Gasteiger partial charge is 0.138 e. The van der Waals surface area contributed by atoms with Gasteiger partial charge in [0.2, 0.25) is 0 Å². The number of rotatable bonds is 1. The first kappa shape index (κ1) is 4.37. The average molecular weight is 243 g/mol. The first-order valence-corrected chi connectivity index (χ1v) is 4.28. The molecule has 2 aromatic rings. The minimum absolute atomic E-state index is 0.280. The van der Waals surface area contributed by atoms with Crippen LogP contribution in [-0.4, -0.2) is 14.5 Å². The van der Waals surface area contributed by atoms with Gasteiger partial charge in [-0.05, 0) is 19.0 Å². The van der Waals surface area contributed by atoms with Crippen LogP contribution in [-0.2, 0) is 0 Å². The molecule has 0 saturated carbocycles. The van der Waals surface area contributed by atoms with Gasteiger partial charge < -0.3 is 0 Å². The zero-order valence-electron chi connectivity index (χ0n) is 11.5. The molecule has 0 bridgehead atoms. The van der Waals surface area contributed by atoms with Gasteiger partial charge in [0.05, 0.1) is 7.06 Å². The Bertz CT molecular complexity index is 592. The summed E-state index contributed by atoms with van der Waals surface area (Å²) in [6, 6.07) is 3.28. The van der Waals surface area contributed by atoms with Crippen molar-refractivity contribution in [2.24, 2.45) is 0 Å². The van der Waals surface area contributed by atoms with Gasteiger partial charge in [-0.25, -0.2) is 9.97 Å². The molecule has 2 heterocycles. The number of aromatic nitrogens is 3. The molecule has 0 aromatic carbocycles. The molecular weight excluding hydrogens is 230 g/mol. The van der Waals surface area contributed by atoms with E-state index in [1.165, 1.54) is 6.20 Å². The van der Waals surface area contributed by atoms with Gasteiger partial charge >= 0.3 is 0 Å².